The van der Waals surface area contributed by atoms with Crippen LogP contribution in [0.5, 0.6) is 5.75 Å². The molecule has 5 rings (SSSR count). The van der Waals surface area contributed by atoms with Gasteiger partial charge in [-0.05, 0) is 37.3 Å². The van der Waals surface area contributed by atoms with Crippen molar-refractivity contribution in [3.63, 3.8) is 0 Å². The molecule has 0 aliphatic carbocycles. The molecule has 0 unspecified atom stereocenters. The molecule has 0 amide bonds. The summed E-state index contributed by atoms with van der Waals surface area (Å²) in [6.45, 7) is 1.90. The summed E-state index contributed by atoms with van der Waals surface area (Å²) < 4.78 is 8.32. The molecule has 9 heteroatoms. The van der Waals surface area contributed by atoms with E-state index in [2.05, 4.69) is 31.4 Å². The van der Waals surface area contributed by atoms with E-state index >= 15 is 0 Å². The summed E-state index contributed by atoms with van der Waals surface area (Å²) in [5.74, 6) is 2.22. The lowest BCUT2D eigenvalue weighted by molar-refractivity contribution is 0.416. The van der Waals surface area contributed by atoms with Crippen LogP contribution in [0.25, 0.3) is 27.1 Å². The van der Waals surface area contributed by atoms with Crippen LogP contribution in [0.15, 0.2) is 57.5 Å². The molecule has 0 radical (unpaired) electrons. The van der Waals surface area contributed by atoms with Gasteiger partial charge in [0.2, 0.25) is 0 Å². The Hall–Kier alpha value is -2.49. The van der Waals surface area contributed by atoms with Gasteiger partial charge in [-0.3, -0.25) is 0 Å². The lowest BCUT2D eigenvalue weighted by Crippen LogP contribution is -1.98. The molecule has 0 N–H and O–H groups in total. The van der Waals surface area contributed by atoms with Crippen LogP contribution in [0.1, 0.15) is 11.5 Å². The predicted octanol–water partition coefficient (Wildman–Crippen LogP) is 5.77. The molecule has 0 saturated heterocycles. The summed E-state index contributed by atoms with van der Waals surface area (Å²) in [7, 11) is 1.67. The standard InChI is InChI=1S/C21H16BrN5OS2/c1-12-23-19-15-5-3-4-6-17(15)25-21(27(19)26-12)30-11-14-10-29-20(24-14)16-9-13(22)7-8-18(16)28-2/h3-10H,11H2,1-2H3. The number of rotatable bonds is 5. The van der Waals surface area contributed by atoms with E-state index in [1.807, 2.05) is 53.9 Å². The van der Waals surface area contributed by atoms with Crippen molar-refractivity contribution in [3.05, 3.63) is 63.8 Å². The normalized spacial score (nSPS) is 11.4. The van der Waals surface area contributed by atoms with Gasteiger partial charge in [-0.15, -0.1) is 16.4 Å². The highest BCUT2D eigenvalue weighted by atomic mass is 79.9. The zero-order valence-corrected chi connectivity index (χ0v) is 19.4. The molecule has 0 bridgehead atoms. The number of hydrogen-bond donors (Lipinski definition) is 0. The predicted molar refractivity (Wildman–Crippen MR) is 124 cm³/mol. The van der Waals surface area contributed by atoms with Crippen LogP contribution in [-0.4, -0.2) is 31.7 Å². The summed E-state index contributed by atoms with van der Waals surface area (Å²) in [6, 6.07) is 13.9. The van der Waals surface area contributed by atoms with Crippen molar-refractivity contribution in [1.82, 2.24) is 24.6 Å². The SMILES string of the molecule is COc1ccc(Br)cc1-c1nc(CSc2nc3ccccc3c3nc(C)nn23)cs1. The van der Waals surface area contributed by atoms with E-state index in [1.54, 1.807) is 30.2 Å². The van der Waals surface area contributed by atoms with Crippen LogP contribution in [0.4, 0.5) is 0 Å². The number of aryl methyl sites for hydroxylation is 1. The Labute approximate surface area is 189 Å². The Morgan fingerprint density at radius 2 is 2.00 bits per heavy atom. The topological polar surface area (TPSA) is 65.2 Å². The number of aromatic nitrogens is 5. The van der Waals surface area contributed by atoms with E-state index in [4.69, 9.17) is 14.7 Å². The number of halogens is 1. The number of methoxy groups -OCH3 is 1. The second-order valence-corrected chi connectivity index (χ2v) is 9.30. The van der Waals surface area contributed by atoms with Gasteiger partial charge in [0, 0.05) is 21.0 Å². The zero-order chi connectivity index (χ0) is 20.7. The van der Waals surface area contributed by atoms with Crippen molar-refractivity contribution in [2.45, 2.75) is 17.8 Å². The van der Waals surface area contributed by atoms with Crippen molar-refractivity contribution in [2.24, 2.45) is 0 Å². The highest BCUT2D eigenvalue weighted by molar-refractivity contribution is 9.10. The fourth-order valence-electron chi connectivity index (χ4n) is 3.21. The van der Waals surface area contributed by atoms with E-state index in [9.17, 15) is 0 Å². The molecule has 5 aromatic rings. The Morgan fingerprint density at radius 1 is 1.13 bits per heavy atom. The first kappa shape index (κ1) is 19.5. The fourth-order valence-corrected chi connectivity index (χ4v) is 5.35. The number of benzene rings is 2. The fraction of sp³-hybridized carbons (Fsp3) is 0.143. The maximum Gasteiger partial charge on any atom is 0.191 e. The van der Waals surface area contributed by atoms with Gasteiger partial charge in [0.25, 0.3) is 0 Å². The minimum absolute atomic E-state index is 0.687. The van der Waals surface area contributed by atoms with E-state index in [0.29, 0.717) is 5.75 Å². The first-order chi connectivity index (χ1) is 14.6. The van der Waals surface area contributed by atoms with Crippen molar-refractivity contribution in [3.8, 4) is 16.3 Å². The summed E-state index contributed by atoms with van der Waals surface area (Å²) in [4.78, 5) is 14.2. The highest BCUT2D eigenvalue weighted by Crippen LogP contribution is 2.35. The van der Waals surface area contributed by atoms with Gasteiger partial charge in [0.15, 0.2) is 10.8 Å². The van der Waals surface area contributed by atoms with E-state index in [1.165, 1.54) is 0 Å². The van der Waals surface area contributed by atoms with E-state index in [-0.39, 0.29) is 0 Å². The molecule has 0 saturated carbocycles. The molecule has 30 heavy (non-hydrogen) atoms. The number of para-hydroxylation sites is 1. The Kier molecular flexibility index (Phi) is 5.18. The Balaban J connectivity index is 1.46. The van der Waals surface area contributed by atoms with Gasteiger partial charge in [-0.1, -0.05) is 39.8 Å². The van der Waals surface area contributed by atoms with Crippen LogP contribution >= 0.6 is 39.0 Å². The summed E-state index contributed by atoms with van der Waals surface area (Å²) >= 11 is 6.74. The largest absolute Gasteiger partial charge is 0.496 e. The maximum atomic E-state index is 5.50. The number of fused-ring (bicyclic) bond motifs is 3. The van der Waals surface area contributed by atoms with Gasteiger partial charge >= 0.3 is 0 Å². The van der Waals surface area contributed by atoms with Crippen LogP contribution in [0.2, 0.25) is 0 Å². The van der Waals surface area contributed by atoms with Gasteiger partial charge < -0.3 is 4.74 Å². The smallest absolute Gasteiger partial charge is 0.191 e. The van der Waals surface area contributed by atoms with Crippen molar-refractivity contribution in [2.75, 3.05) is 7.11 Å². The molecule has 0 aliphatic heterocycles. The average molecular weight is 498 g/mol. The number of ether oxygens (including phenoxy) is 1. The number of nitrogens with zero attached hydrogens (tertiary/aromatic N) is 5. The average Bonchev–Trinajstić information content (AvgIpc) is 3.38. The minimum Gasteiger partial charge on any atom is -0.496 e. The van der Waals surface area contributed by atoms with Gasteiger partial charge in [0.1, 0.15) is 16.6 Å². The minimum atomic E-state index is 0.687. The molecule has 3 aromatic heterocycles. The molecule has 150 valence electrons. The molecule has 0 spiro atoms. The third-order valence-corrected chi connectivity index (χ3v) is 6.93. The highest BCUT2D eigenvalue weighted by Gasteiger charge is 2.15. The lowest BCUT2D eigenvalue weighted by atomic mass is 10.2. The molecule has 0 atom stereocenters. The molecular weight excluding hydrogens is 482 g/mol. The molecule has 2 aromatic carbocycles. The van der Waals surface area contributed by atoms with Crippen molar-refractivity contribution >= 4 is 55.6 Å². The summed E-state index contributed by atoms with van der Waals surface area (Å²) in [6.07, 6.45) is 0. The molecule has 6 nitrogen and oxygen atoms in total. The second-order valence-electron chi connectivity index (χ2n) is 6.58. The second kappa shape index (κ2) is 7.98. The Morgan fingerprint density at radius 3 is 2.87 bits per heavy atom. The third kappa shape index (κ3) is 3.57. The third-order valence-electron chi connectivity index (χ3n) is 4.55. The van der Waals surface area contributed by atoms with Crippen molar-refractivity contribution < 1.29 is 4.74 Å². The number of hydrogen-bond acceptors (Lipinski definition) is 7. The van der Waals surface area contributed by atoms with Crippen LogP contribution in [0, 0.1) is 6.92 Å². The number of thioether (sulfide) groups is 1. The molecule has 0 aliphatic rings. The summed E-state index contributed by atoms with van der Waals surface area (Å²) in [5.41, 5.74) is 3.71. The lowest BCUT2D eigenvalue weighted by Gasteiger charge is -2.06. The Bertz CT molecular complexity index is 1380. The summed E-state index contributed by atoms with van der Waals surface area (Å²) in [5, 5.41) is 9.35. The van der Waals surface area contributed by atoms with E-state index < -0.39 is 0 Å². The molecule has 3 heterocycles. The van der Waals surface area contributed by atoms with Crippen LogP contribution in [-0.2, 0) is 5.75 Å². The molecule has 0 fully saturated rings. The maximum absolute atomic E-state index is 5.50. The van der Waals surface area contributed by atoms with E-state index in [0.717, 1.165) is 54.0 Å². The quantitative estimate of drug-likeness (QED) is 0.226. The molecular formula is C21H16BrN5OS2. The first-order valence-corrected chi connectivity index (χ1v) is 11.8. The zero-order valence-electron chi connectivity index (χ0n) is 16.2. The monoisotopic (exact) mass is 497 g/mol. The van der Waals surface area contributed by atoms with Gasteiger partial charge in [-0.25, -0.2) is 15.0 Å². The first-order valence-electron chi connectivity index (χ1n) is 9.15. The van der Waals surface area contributed by atoms with Crippen LogP contribution < -0.4 is 4.74 Å². The number of thiazole rings is 1. The van der Waals surface area contributed by atoms with Gasteiger partial charge in [-0.2, -0.15) is 4.52 Å². The van der Waals surface area contributed by atoms with Crippen molar-refractivity contribution in [1.29, 1.82) is 0 Å². The van der Waals surface area contributed by atoms with Crippen LogP contribution in [0.3, 0.4) is 0 Å². The van der Waals surface area contributed by atoms with Gasteiger partial charge in [0.05, 0.1) is 23.9 Å².